The molecule has 5 heteroatoms. The fourth-order valence-electron chi connectivity index (χ4n) is 0.683. The standard InChI is InChI=1S/C8H10O.H3NO2S/c1-2-9-8-6-4-3-5-7-8;1-4(2)3/h3-7H,2H2,1H3;4H,(H2,1,2,3). The molecule has 0 saturated carbocycles. The molecule has 1 aromatic rings. The number of thiol groups is 1. The van der Waals surface area contributed by atoms with E-state index in [1.807, 2.05) is 37.3 Å². The number of para-hydroxylation sites is 1. The molecule has 0 aliphatic heterocycles. The maximum Gasteiger partial charge on any atom is 0.198 e. The lowest BCUT2D eigenvalue weighted by atomic mass is 10.3. The molecule has 0 heterocycles. The molecule has 0 amide bonds. The van der Waals surface area contributed by atoms with Gasteiger partial charge in [0.15, 0.2) is 10.9 Å². The highest BCUT2D eigenvalue weighted by molar-refractivity contribution is 7.69. The first-order valence-electron chi connectivity index (χ1n) is 3.73. The zero-order chi connectivity index (χ0) is 10.1. The number of hydrogen-bond donors (Lipinski definition) is 2. The van der Waals surface area contributed by atoms with E-state index in [2.05, 4.69) is 5.14 Å². The van der Waals surface area contributed by atoms with Crippen molar-refractivity contribution < 1.29 is 13.2 Å². The Kier molecular flexibility index (Phi) is 6.95. The van der Waals surface area contributed by atoms with E-state index < -0.39 is 10.9 Å². The third-order valence-corrected chi connectivity index (χ3v) is 1.05. The third kappa shape index (κ3) is 8.84. The van der Waals surface area contributed by atoms with Crippen LogP contribution in [0.4, 0.5) is 0 Å². The zero-order valence-electron chi connectivity index (χ0n) is 7.34. The van der Waals surface area contributed by atoms with Gasteiger partial charge in [-0.2, -0.15) is 0 Å². The van der Waals surface area contributed by atoms with Crippen molar-refractivity contribution in [2.24, 2.45) is 5.14 Å². The number of nitrogens with two attached hydrogens (primary N) is 1. The summed E-state index contributed by atoms with van der Waals surface area (Å²) >= 11 is 0. The molecule has 4 nitrogen and oxygen atoms in total. The molecule has 0 unspecified atom stereocenters. The van der Waals surface area contributed by atoms with E-state index in [1.54, 1.807) is 0 Å². The van der Waals surface area contributed by atoms with Crippen molar-refractivity contribution >= 4 is 10.9 Å². The van der Waals surface area contributed by atoms with Crippen molar-refractivity contribution in [3.8, 4) is 5.75 Å². The molecule has 2 N–H and O–H groups in total. The van der Waals surface area contributed by atoms with Gasteiger partial charge in [0.25, 0.3) is 0 Å². The molecule has 0 bridgehead atoms. The van der Waals surface area contributed by atoms with E-state index in [4.69, 9.17) is 13.2 Å². The van der Waals surface area contributed by atoms with Gasteiger partial charge in [-0.3, -0.25) is 0 Å². The van der Waals surface area contributed by atoms with Crippen LogP contribution in [-0.2, 0) is 10.9 Å². The van der Waals surface area contributed by atoms with Gasteiger partial charge in [-0.05, 0) is 19.1 Å². The zero-order valence-corrected chi connectivity index (χ0v) is 8.24. The second-order valence-corrected chi connectivity index (χ2v) is 2.60. The summed E-state index contributed by atoms with van der Waals surface area (Å²) in [6.45, 7) is 2.72. The van der Waals surface area contributed by atoms with E-state index in [0.29, 0.717) is 0 Å². The third-order valence-electron chi connectivity index (χ3n) is 1.05. The van der Waals surface area contributed by atoms with Gasteiger partial charge in [-0.25, -0.2) is 13.6 Å². The highest BCUT2D eigenvalue weighted by Gasteiger charge is 1.83. The molecule has 0 aromatic heterocycles. The van der Waals surface area contributed by atoms with Gasteiger partial charge in [-0.1, -0.05) is 18.2 Å². The van der Waals surface area contributed by atoms with Gasteiger partial charge in [0, 0.05) is 0 Å². The lowest BCUT2D eigenvalue weighted by molar-refractivity contribution is 0.340. The monoisotopic (exact) mass is 203 g/mol. The summed E-state index contributed by atoms with van der Waals surface area (Å²) in [5.41, 5.74) is 0. The average molecular weight is 203 g/mol. The Morgan fingerprint density at radius 2 is 1.77 bits per heavy atom. The Balaban J connectivity index is 0.000000310. The largest absolute Gasteiger partial charge is 0.494 e. The van der Waals surface area contributed by atoms with E-state index in [1.165, 1.54) is 0 Å². The van der Waals surface area contributed by atoms with Crippen molar-refractivity contribution in [1.82, 2.24) is 0 Å². The Morgan fingerprint density at radius 1 is 1.31 bits per heavy atom. The summed E-state index contributed by atoms with van der Waals surface area (Å²) in [6, 6.07) is 9.80. The van der Waals surface area contributed by atoms with Crippen LogP contribution >= 0.6 is 0 Å². The summed E-state index contributed by atoms with van der Waals surface area (Å²) < 4.78 is 22.8. The molecule has 74 valence electrons. The van der Waals surface area contributed by atoms with Crippen LogP contribution in [0.25, 0.3) is 0 Å². The topological polar surface area (TPSA) is 69.4 Å². The van der Waals surface area contributed by atoms with Crippen LogP contribution < -0.4 is 9.88 Å². The fourth-order valence-corrected chi connectivity index (χ4v) is 0.683. The smallest absolute Gasteiger partial charge is 0.198 e. The first kappa shape index (κ1) is 11.9. The van der Waals surface area contributed by atoms with Crippen LogP contribution in [0.5, 0.6) is 5.75 Å². The minimum Gasteiger partial charge on any atom is -0.494 e. The Morgan fingerprint density at radius 3 is 2.15 bits per heavy atom. The van der Waals surface area contributed by atoms with E-state index in [-0.39, 0.29) is 0 Å². The van der Waals surface area contributed by atoms with Crippen molar-refractivity contribution in [2.45, 2.75) is 6.92 Å². The van der Waals surface area contributed by atoms with Gasteiger partial charge >= 0.3 is 0 Å². The molecule has 1 aromatic carbocycles. The molecule has 0 spiro atoms. The highest BCUT2D eigenvalue weighted by Crippen LogP contribution is 2.06. The average Bonchev–Trinajstić information content (AvgIpc) is 2.06. The molecule has 0 atom stereocenters. The van der Waals surface area contributed by atoms with Gasteiger partial charge in [0.1, 0.15) is 5.75 Å². The lowest BCUT2D eigenvalue weighted by Gasteiger charge is -1.99. The minimum absolute atomic E-state index is 0.740. The summed E-state index contributed by atoms with van der Waals surface area (Å²) in [5, 5.41) is 4.06. The Labute approximate surface area is 79.4 Å². The molecule has 0 radical (unpaired) electrons. The molecule has 1 rings (SSSR count). The number of hydrogen-bond acceptors (Lipinski definition) is 3. The lowest BCUT2D eigenvalue weighted by Crippen LogP contribution is -1.89. The normalized spacial score (nSPS) is 8.85. The maximum absolute atomic E-state index is 8.81. The Bertz CT molecular complexity index is 277. The Hall–Kier alpha value is -1.07. The van der Waals surface area contributed by atoms with E-state index in [9.17, 15) is 0 Å². The maximum atomic E-state index is 8.81. The minimum atomic E-state index is -2.62. The molecular weight excluding hydrogens is 190 g/mol. The van der Waals surface area contributed by atoms with Crippen LogP contribution in [0.2, 0.25) is 0 Å². The summed E-state index contributed by atoms with van der Waals surface area (Å²) in [7, 11) is -2.62. The van der Waals surface area contributed by atoms with Crippen molar-refractivity contribution in [1.29, 1.82) is 0 Å². The molecule has 0 saturated heterocycles. The van der Waals surface area contributed by atoms with Gasteiger partial charge in [-0.15, -0.1) is 0 Å². The van der Waals surface area contributed by atoms with Gasteiger partial charge in [0.2, 0.25) is 0 Å². The highest BCUT2D eigenvalue weighted by atomic mass is 32.2. The molecule has 0 fully saturated rings. The molecular formula is C8H13NO3S. The van der Waals surface area contributed by atoms with Crippen LogP contribution in [0.3, 0.4) is 0 Å². The van der Waals surface area contributed by atoms with Gasteiger partial charge in [0.05, 0.1) is 6.61 Å². The second-order valence-electron chi connectivity index (χ2n) is 2.03. The quantitative estimate of drug-likeness (QED) is 0.690. The van der Waals surface area contributed by atoms with Crippen LogP contribution in [0.1, 0.15) is 6.92 Å². The molecule has 0 aliphatic rings. The molecule has 13 heavy (non-hydrogen) atoms. The summed E-state index contributed by atoms with van der Waals surface area (Å²) in [6.07, 6.45) is 0. The van der Waals surface area contributed by atoms with Crippen molar-refractivity contribution in [2.75, 3.05) is 6.61 Å². The summed E-state index contributed by atoms with van der Waals surface area (Å²) in [5.74, 6) is 0.944. The molecule has 0 aliphatic carbocycles. The fraction of sp³-hybridized carbons (Fsp3) is 0.250. The van der Waals surface area contributed by atoms with Crippen molar-refractivity contribution in [3.05, 3.63) is 30.3 Å². The predicted octanol–water partition coefficient (Wildman–Crippen LogP) is 0.557. The number of ether oxygens (including phenoxy) is 1. The van der Waals surface area contributed by atoms with E-state index in [0.717, 1.165) is 12.4 Å². The van der Waals surface area contributed by atoms with Gasteiger partial charge < -0.3 is 4.74 Å². The van der Waals surface area contributed by atoms with E-state index >= 15 is 0 Å². The second kappa shape index (κ2) is 7.57. The van der Waals surface area contributed by atoms with Crippen LogP contribution in [0, 0.1) is 0 Å². The number of rotatable bonds is 2. The van der Waals surface area contributed by atoms with Crippen molar-refractivity contribution in [3.63, 3.8) is 0 Å². The van der Waals surface area contributed by atoms with Crippen LogP contribution in [-0.4, -0.2) is 15.0 Å². The van der Waals surface area contributed by atoms with Crippen LogP contribution in [0.15, 0.2) is 30.3 Å². The predicted molar refractivity (Wildman–Crippen MR) is 52.1 cm³/mol. The summed E-state index contributed by atoms with van der Waals surface area (Å²) in [4.78, 5) is 0. The number of benzene rings is 1. The first-order chi connectivity index (χ1) is 6.16. The first-order valence-corrected chi connectivity index (χ1v) is 4.98. The SMILES string of the molecule is CCOc1ccccc1.N[SH](=O)=O.